The van der Waals surface area contributed by atoms with Gasteiger partial charge in [-0.3, -0.25) is 10.1 Å². The van der Waals surface area contributed by atoms with E-state index >= 15 is 0 Å². The van der Waals surface area contributed by atoms with Gasteiger partial charge in [-0.25, -0.2) is 4.98 Å². The zero-order valence-electron chi connectivity index (χ0n) is 19.5. The van der Waals surface area contributed by atoms with Crippen molar-refractivity contribution in [2.24, 2.45) is 5.92 Å². The van der Waals surface area contributed by atoms with E-state index in [9.17, 15) is 28.4 Å². The predicted octanol–water partition coefficient (Wildman–Crippen LogP) is 5.13. The number of hydrogen-bond donors (Lipinski definition) is 3. The van der Waals surface area contributed by atoms with Crippen molar-refractivity contribution < 1.29 is 32.7 Å². The molecule has 1 heterocycles. The molecule has 10 nitrogen and oxygen atoms in total. The Hall–Kier alpha value is -4.13. The largest absolute Gasteiger partial charge is 0.573 e. The van der Waals surface area contributed by atoms with Crippen molar-refractivity contribution in [2.45, 2.75) is 26.3 Å². The van der Waals surface area contributed by atoms with E-state index in [4.69, 9.17) is 4.74 Å². The van der Waals surface area contributed by atoms with Crippen molar-refractivity contribution in [3.63, 3.8) is 0 Å². The summed E-state index contributed by atoms with van der Waals surface area (Å²) in [5.74, 6) is 0.00953. The number of benzene rings is 2. The van der Waals surface area contributed by atoms with Gasteiger partial charge in [-0.1, -0.05) is 26.0 Å². The smallest absolute Gasteiger partial charge is 0.496 e. The van der Waals surface area contributed by atoms with Gasteiger partial charge in [-0.15, -0.1) is 13.2 Å². The van der Waals surface area contributed by atoms with Gasteiger partial charge < -0.3 is 25.2 Å². The van der Waals surface area contributed by atoms with Gasteiger partial charge in [-0.05, 0) is 30.2 Å². The SMILES string of the molecule is COc1ccc(Nc2cc(-c3cccc(OC(F)(F)F)c3)nc(N[C@@H](CO)C(C)C)n2)c([N+](=O)[O-])c1. The lowest BCUT2D eigenvalue weighted by molar-refractivity contribution is -0.384. The third-order valence-corrected chi connectivity index (χ3v) is 5.07. The van der Waals surface area contributed by atoms with E-state index in [0.717, 1.165) is 12.1 Å². The third kappa shape index (κ3) is 6.95. The first-order valence-electron chi connectivity index (χ1n) is 10.7. The van der Waals surface area contributed by atoms with E-state index in [1.54, 1.807) is 0 Å². The highest BCUT2D eigenvalue weighted by atomic mass is 19.4. The maximum Gasteiger partial charge on any atom is 0.573 e. The second-order valence-electron chi connectivity index (χ2n) is 7.98. The lowest BCUT2D eigenvalue weighted by Gasteiger charge is -2.21. The van der Waals surface area contributed by atoms with E-state index in [1.165, 1.54) is 43.5 Å². The van der Waals surface area contributed by atoms with Crippen molar-refractivity contribution in [1.29, 1.82) is 0 Å². The van der Waals surface area contributed by atoms with E-state index in [0.29, 0.717) is 0 Å². The van der Waals surface area contributed by atoms with Gasteiger partial charge in [0.05, 0.1) is 36.4 Å². The first-order chi connectivity index (χ1) is 17.0. The zero-order chi connectivity index (χ0) is 26.5. The topological polar surface area (TPSA) is 132 Å². The molecule has 0 saturated heterocycles. The summed E-state index contributed by atoms with van der Waals surface area (Å²) in [6.45, 7) is 3.51. The van der Waals surface area contributed by atoms with Gasteiger partial charge in [0.25, 0.3) is 5.69 Å². The maximum absolute atomic E-state index is 12.7. The molecule has 36 heavy (non-hydrogen) atoms. The predicted molar refractivity (Wildman–Crippen MR) is 126 cm³/mol. The van der Waals surface area contributed by atoms with E-state index < -0.39 is 23.1 Å². The second kappa shape index (κ2) is 11.1. The zero-order valence-corrected chi connectivity index (χ0v) is 19.5. The van der Waals surface area contributed by atoms with Crippen molar-refractivity contribution in [2.75, 3.05) is 24.4 Å². The first-order valence-corrected chi connectivity index (χ1v) is 10.7. The van der Waals surface area contributed by atoms with Gasteiger partial charge in [0.15, 0.2) is 0 Å². The molecule has 3 aromatic rings. The minimum Gasteiger partial charge on any atom is -0.496 e. The Balaban J connectivity index is 2.07. The number of ether oxygens (including phenoxy) is 2. The fourth-order valence-corrected chi connectivity index (χ4v) is 3.20. The van der Waals surface area contributed by atoms with Crippen LogP contribution < -0.4 is 20.1 Å². The monoisotopic (exact) mass is 507 g/mol. The molecule has 2 aromatic carbocycles. The number of alkyl halides is 3. The molecule has 0 fully saturated rings. The first kappa shape index (κ1) is 26.5. The summed E-state index contributed by atoms with van der Waals surface area (Å²) in [4.78, 5) is 19.7. The molecule has 0 radical (unpaired) electrons. The number of aliphatic hydroxyl groups excluding tert-OH is 1. The highest BCUT2D eigenvalue weighted by Crippen LogP contribution is 2.33. The van der Waals surface area contributed by atoms with Crippen LogP contribution in [0.5, 0.6) is 11.5 Å². The molecule has 1 aromatic heterocycles. The van der Waals surface area contributed by atoms with Crippen molar-refractivity contribution in [3.8, 4) is 22.8 Å². The van der Waals surface area contributed by atoms with E-state index in [2.05, 4.69) is 25.3 Å². The number of nitro benzene ring substituents is 1. The maximum atomic E-state index is 12.7. The number of hydrogen-bond acceptors (Lipinski definition) is 9. The minimum absolute atomic E-state index is 0.00939. The van der Waals surface area contributed by atoms with Gasteiger partial charge in [0.1, 0.15) is 23.0 Å². The van der Waals surface area contributed by atoms with Crippen LogP contribution in [-0.4, -0.2) is 46.1 Å². The van der Waals surface area contributed by atoms with Crippen molar-refractivity contribution in [1.82, 2.24) is 9.97 Å². The lowest BCUT2D eigenvalue weighted by atomic mass is 10.1. The summed E-state index contributed by atoms with van der Waals surface area (Å²) in [5, 5.41) is 27.1. The Kier molecular flexibility index (Phi) is 8.14. The number of nitrogens with zero attached hydrogens (tertiary/aromatic N) is 3. The number of halogens is 3. The molecular weight excluding hydrogens is 483 g/mol. The molecular formula is C23H24F3N5O5. The number of nitrogens with one attached hydrogen (secondary N) is 2. The van der Waals surface area contributed by atoms with Crippen molar-refractivity contribution in [3.05, 3.63) is 58.6 Å². The molecule has 0 spiro atoms. The fourth-order valence-electron chi connectivity index (χ4n) is 3.20. The Morgan fingerprint density at radius 2 is 1.86 bits per heavy atom. The molecule has 0 bridgehead atoms. The summed E-state index contributed by atoms with van der Waals surface area (Å²) in [6.07, 6.45) is -4.87. The number of rotatable bonds is 10. The van der Waals surface area contributed by atoms with Crippen LogP contribution in [0.2, 0.25) is 0 Å². The molecule has 0 aliphatic carbocycles. The minimum atomic E-state index is -4.87. The Morgan fingerprint density at radius 3 is 2.47 bits per heavy atom. The molecule has 0 saturated carbocycles. The average Bonchev–Trinajstić information content (AvgIpc) is 2.81. The third-order valence-electron chi connectivity index (χ3n) is 5.07. The quantitative estimate of drug-likeness (QED) is 0.252. The number of methoxy groups -OCH3 is 1. The van der Waals surface area contributed by atoms with Crippen molar-refractivity contribution >= 4 is 23.1 Å². The van der Waals surface area contributed by atoms with Crippen LogP contribution in [0, 0.1) is 16.0 Å². The Morgan fingerprint density at radius 1 is 1.11 bits per heavy atom. The molecule has 3 N–H and O–H groups in total. The Labute approximate surface area is 204 Å². The van der Waals surface area contributed by atoms with Gasteiger partial charge in [0.2, 0.25) is 5.95 Å². The summed E-state index contributed by atoms with van der Waals surface area (Å²) < 4.78 is 47.2. The standard InChI is InChI=1S/C23H24F3N5O5/c1-13(2)19(12-32)29-22-28-18(14-5-4-6-16(9-14)36-23(24,25)26)11-21(30-22)27-17-8-7-15(35-3)10-20(17)31(33)34/h4-11,13,19,32H,12H2,1-3H3,(H2,27,28,29,30)/t19-/m0/s1. The molecule has 1 atom stereocenters. The van der Waals surface area contributed by atoms with Gasteiger partial charge in [0, 0.05) is 11.6 Å². The van der Waals surface area contributed by atoms with Crippen LogP contribution in [0.25, 0.3) is 11.3 Å². The fraction of sp³-hybridized carbons (Fsp3) is 0.304. The molecule has 0 aliphatic rings. The molecule has 3 rings (SSSR count). The average molecular weight is 507 g/mol. The van der Waals surface area contributed by atoms with E-state index in [-0.39, 0.29) is 52.7 Å². The van der Waals surface area contributed by atoms with Crippen LogP contribution in [0.1, 0.15) is 13.8 Å². The molecule has 192 valence electrons. The highest BCUT2D eigenvalue weighted by molar-refractivity contribution is 5.73. The molecule has 0 aliphatic heterocycles. The normalized spacial score (nSPS) is 12.2. The van der Waals surface area contributed by atoms with Crippen LogP contribution in [-0.2, 0) is 0 Å². The highest BCUT2D eigenvalue weighted by Gasteiger charge is 2.31. The van der Waals surface area contributed by atoms with Crippen LogP contribution in [0.15, 0.2) is 48.5 Å². The lowest BCUT2D eigenvalue weighted by Crippen LogP contribution is -2.30. The number of aromatic nitrogens is 2. The second-order valence-corrected chi connectivity index (χ2v) is 7.98. The number of anilines is 3. The summed E-state index contributed by atoms with van der Waals surface area (Å²) >= 11 is 0. The summed E-state index contributed by atoms with van der Waals surface area (Å²) in [7, 11) is 1.38. The van der Waals surface area contributed by atoms with Crippen LogP contribution in [0.3, 0.4) is 0 Å². The summed E-state index contributed by atoms with van der Waals surface area (Å²) in [6, 6.07) is 10.4. The Bertz CT molecular complexity index is 1220. The molecule has 0 amide bonds. The molecule has 0 unspecified atom stereocenters. The molecule has 13 heteroatoms. The van der Waals surface area contributed by atoms with Gasteiger partial charge >= 0.3 is 6.36 Å². The van der Waals surface area contributed by atoms with E-state index in [1.807, 2.05) is 13.8 Å². The van der Waals surface area contributed by atoms with Gasteiger partial charge in [-0.2, -0.15) is 4.98 Å². The number of aliphatic hydroxyl groups is 1. The van der Waals surface area contributed by atoms with Crippen LogP contribution in [0.4, 0.5) is 36.3 Å². The van der Waals surface area contributed by atoms with Crippen LogP contribution >= 0.6 is 0 Å². The summed E-state index contributed by atoms with van der Waals surface area (Å²) in [5.41, 5.74) is 0.312. The number of nitro groups is 1.